The van der Waals surface area contributed by atoms with Gasteiger partial charge in [-0.1, -0.05) is 170 Å². The van der Waals surface area contributed by atoms with Crippen LogP contribution in [0.5, 0.6) is 0 Å². The summed E-state index contributed by atoms with van der Waals surface area (Å²) in [6.45, 7) is 27.1. The van der Waals surface area contributed by atoms with Crippen LogP contribution < -0.4 is 0 Å². The molecule has 2 aliphatic carbocycles. The third-order valence-electron chi connectivity index (χ3n) is 14.4. The summed E-state index contributed by atoms with van der Waals surface area (Å²) in [6.07, 6.45) is 16.3. The number of benzene rings is 2. The van der Waals surface area contributed by atoms with Crippen molar-refractivity contribution < 1.29 is 28.5 Å². The number of aldehydes is 2. The molecule has 8 atom stereocenters. The van der Waals surface area contributed by atoms with Crippen LogP contribution in [0.2, 0.25) is 0 Å². The molecule has 2 saturated carbocycles. The summed E-state index contributed by atoms with van der Waals surface area (Å²) in [7, 11) is 6.84. The molecule has 0 aliphatic heterocycles. The zero-order valence-corrected chi connectivity index (χ0v) is 42.8. The lowest BCUT2D eigenvalue weighted by Crippen LogP contribution is -2.27. The monoisotopic (exact) mass is 865 g/mol. The van der Waals surface area contributed by atoms with Crippen LogP contribution in [0, 0.1) is 47.3 Å². The summed E-state index contributed by atoms with van der Waals surface area (Å²) in [5, 5.41) is 0. The first-order valence-corrected chi connectivity index (χ1v) is 24.6. The molecule has 2 aliphatic rings. The van der Waals surface area contributed by atoms with E-state index in [-0.39, 0.29) is 12.6 Å². The van der Waals surface area contributed by atoms with E-state index >= 15 is 0 Å². The van der Waals surface area contributed by atoms with Crippen LogP contribution >= 0.6 is 0 Å². The number of hydrogen-bond donors (Lipinski definition) is 0. The summed E-state index contributed by atoms with van der Waals surface area (Å²) in [5.74, 6) is 8.39. The van der Waals surface area contributed by atoms with E-state index in [4.69, 9.17) is 18.9 Å². The predicted octanol–water partition coefficient (Wildman–Crippen LogP) is 15.2. The van der Waals surface area contributed by atoms with Crippen molar-refractivity contribution in [1.82, 2.24) is 0 Å². The van der Waals surface area contributed by atoms with Crippen molar-refractivity contribution in [3.05, 3.63) is 70.8 Å². The van der Waals surface area contributed by atoms with Crippen molar-refractivity contribution in [3.8, 4) is 0 Å². The van der Waals surface area contributed by atoms with Gasteiger partial charge in [-0.2, -0.15) is 0 Å². The minimum Gasteiger partial charge on any atom is -0.356 e. The molecule has 356 valence electrons. The normalized spacial score (nSPS) is 21.0. The van der Waals surface area contributed by atoms with E-state index in [2.05, 4.69) is 132 Å². The summed E-state index contributed by atoms with van der Waals surface area (Å²) < 4.78 is 21.1. The number of hydrogen-bond acceptors (Lipinski definition) is 6. The van der Waals surface area contributed by atoms with Gasteiger partial charge in [0.05, 0.1) is 0 Å². The van der Waals surface area contributed by atoms with E-state index < -0.39 is 0 Å². The summed E-state index contributed by atoms with van der Waals surface area (Å²) in [4.78, 5) is 20.9. The Morgan fingerprint density at radius 1 is 0.484 bits per heavy atom. The number of rotatable bonds is 20. The van der Waals surface area contributed by atoms with E-state index in [9.17, 15) is 9.59 Å². The lowest BCUT2D eigenvalue weighted by Gasteiger charge is -2.35. The van der Waals surface area contributed by atoms with Gasteiger partial charge < -0.3 is 28.5 Å². The third kappa shape index (κ3) is 22.0. The number of carbonyl (C=O) groups is 2. The second kappa shape index (κ2) is 32.3. The first kappa shape index (κ1) is 57.6. The lowest BCUT2D eigenvalue weighted by atomic mass is 9.71. The summed E-state index contributed by atoms with van der Waals surface area (Å²) >= 11 is 0. The van der Waals surface area contributed by atoms with E-state index in [0.29, 0.717) is 41.9 Å². The fourth-order valence-electron chi connectivity index (χ4n) is 9.35. The van der Waals surface area contributed by atoms with Gasteiger partial charge in [-0.05, 0) is 106 Å². The highest BCUT2D eigenvalue weighted by molar-refractivity contribution is 5.51. The molecule has 62 heavy (non-hydrogen) atoms. The van der Waals surface area contributed by atoms with Gasteiger partial charge in [-0.25, -0.2) is 0 Å². The molecule has 8 unspecified atom stereocenters. The molecule has 6 nitrogen and oxygen atoms in total. The van der Waals surface area contributed by atoms with Crippen molar-refractivity contribution in [2.24, 2.45) is 47.3 Å². The molecule has 0 heterocycles. The first-order chi connectivity index (χ1) is 29.5. The smallest absolute Gasteiger partial charge is 0.157 e. The topological polar surface area (TPSA) is 71.1 Å². The van der Waals surface area contributed by atoms with E-state index in [1.54, 1.807) is 28.4 Å². The van der Waals surface area contributed by atoms with Crippen LogP contribution in [0.1, 0.15) is 206 Å². The highest BCUT2D eigenvalue weighted by Gasteiger charge is 2.29. The molecule has 0 amide bonds. The van der Waals surface area contributed by atoms with Gasteiger partial charge in [-0.15, -0.1) is 0 Å². The maximum atomic E-state index is 10.5. The second-order valence-corrected chi connectivity index (χ2v) is 20.3. The molecular weight excluding hydrogens is 769 g/mol. The van der Waals surface area contributed by atoms with Gasteiger partial charge in [0.1, 0.15) is 12.6 Å². The minimum atomic E-state index is -0.118. The molecule has 2 aromatic carbocycles. The number of ether oxygens (including phenoxy) is 4. The average Bonchev–Trinajstić information content (AvgIpc) is 3.28. The first-order valence-electron chi connectivity index (χ1n) is 24.6. The number of methoxy groups -OCH3 is 4. The molecule has 6 heteroatoms. The molecular formula is C56H96O6. The van der Waals surface area contributed by atoms with Crippen LogP contribution in [0.15, 0.2) is 48.5 Å². The van der Waals surface area contributed by atoms with Crippen LogP contribution in [0.4, 0.5) is 0 Å². The Morgan fingerprint density at radius 3 is 1.24 bits per heavy atom. The zero-order valence-electron chi connectivity index (χ0n) is 42.8. The van der Waals surface area contributed by atoms with Crippen LogP contribution in [-0.2, 0) is 28.5 Å². The van der Waals surface area contributed by atoms with Crippen LogP contribution in [-0.4, -0.2) is 53.6 Å². The number of carbonyl (C=O) groups excluding carboxylic acids is 2. The van der Waals surface area contributed by atoms with Gasteiger partial charge in [0.15, 0.2) is 12.6 Å². The largest absolute Gasteiger partial charge is 0.356 e. The summed E-state index contributed by atoms with van der Waals surface area (Å²) in [5.41, 5.74) is 5.36. The molecule has 2 fully saturated rings. The quantitative estimate of drug-likeness (QED) is 0.0975. The van der Waals surface area contributed by atoms with Crippen molar-refractivity contribution in [2.45, 2.75) is 196 Å². The summed E-state index contributed by atoms with van der Waals surface area (Å²) in [6, 6.07) is 17.3. The molecule has 0 bridgehead atoms. The molecule has 4 rings (SSSR count). The van der Waals surface area contributed by atoms with Crippen molar-refractivity contribution in [2.75, 3.05) is 28.4 Å². The Morgan fingerprint density at radius 2 is 0.855 bits per heavy atom. The van der Waals surface area contributed by atoms with Crippen LogP contribution in [0.3, 0.4) is 0 Å². The Balaban J connectivity index is 0.000000415. The molecule has 0 radical (unpaired) electrons. The molecule has 0 aromatic heterocycles. The van der Waals surface area contributed by atoms with Gasteiger partial charge in [0.25, 0.3) is 0 Å². The van der Waals surface area contributed by atoms with E-state index in [1.807, 2.05) is 0 Å². The van der Waals surface area contributed by atoms with E-state index in [0.717, 1.165) is 67.3 Å². The predicted molar refractivity (Wildman–Crippen MR) is 263 cm³/mol. The van der Waals surface area contributed by atoms with Gasteiger partial charge in [-0.3, -0.25) is 0 Å². The van der Waals surface area contributed by atoms with Gasteiger partial charge >= 0.3 is 0 Å². The standard InChI is InChI=1S/C15H30O2.C15H24O2.C13H24O.C13H18O/c2*1-11(2)13-7-6-8-14(10-13)12(3)9-15(16-4)17-5;2*1-10(2)12-5-4-6-13(9-12)11(3)7-8-14/h11-15H,6-10H2,1-5H3;6-8,10-12,15H,9H2,1-5H3;8,10-13H,4-7,9H2,1-3H3;4-6,8-11H,7H2,1-3H3. The van der Waals surface area contributed by atoms with E-state index in [1.165, 1.54) is 73.6 Å². The Kier molecular flexibility index (Phi) is 30.0. The van der Waals surface area contributed by atoms with Crippen molar-refractivity contribution in [1.29, 1.82) is 0 Å². The lowest BCUT2D eigenvalue weighted by molar-refractivity contribution is -0.117. The zero-order chi connectivity index (χ0) is 46.8. The molecule has 0 saturated heterocycles. The highest BCUT2D eigenvalue weighted by Crippen LogP contribution is 2.39. The van der Waals surface area contributed by atoms with Gasteiger partial charge in [0, 0.05) is 54.1 Å². The SMILES string of the molecule is CC(C)C1CCCC(C(C)CC=O)C1.CC(C)c1cccc(C(C)CC=O)c1.COC(CC(C)C1CCCC(C(C)C)C1)OC.COC(CC(C)c1cccc(C(C)C)c1)OC. The maximum Gasteiger partial charge on any atom is 0.157 e. The Hall–Kier alpha value is -2.38. The molecule has 0 N–H and O–H groups in total. The van der Waals surface area contributed by atoms with Gasteiger partial charge in [0.2, 0.25) is 0 Å². The Bertz CT molecular complexity index is 1430. The second-order valence-electron chi connectivity index (χ2n) is 20.3. The molecule has 2 aromatic rings. The average molecular weight is 865 g/mol. The van der Waals surface area contributed by atoms with Crippen molar-refractivity contribution >= 4 is 12.6 Å². The van der Waals surface area contributed by atoms with Crippen LogP contribution in [0.25, 0.3) is 0 Å². The molecule has 0 spiro atoms. The fraction of sp³-hybridized carbons (Fsp3) is 0.750. The maximum absolute atomic E-state index is 10.5. The third-order valence-corrected chi connectivity index (χ3v) is 14.4. The highest BCUT2D eigenvalue weighted by atomic mass is 16.7. The van der Waals surface area contributed by atoms with Crippen molar-refractivity contribution in [3.63, 3.8) is 0 Å². The minimum absolute atomic E-state index is 0.0237. The Labute approximate surface area is 382 Å². The fourth-order valence-corrected chi connectivity index (χ4v) is 9.35.